The third-order valence-electron chi connectivity index (χ3n) is 3.86. The van der Waals surface area contributed by atoms with Crippen molar-refractivity contribution < 1.29 is 13.2 Å². The highest BCUT2D eigenvalue weighted by Gasteiger charge is 2.32. The molecular formula is C12H22N2O3S. The Kier molecular flexibility index (Phi) is 4.27. The average Bonchev–Trinajstić information content (AvgIpc) is 2.82. The monoisotopic (exact) mass is 274 g/mol. The summed E-state index contributed by atoms with van der Waals surface area (Å²) < 4.78 is 24.2. The molecule has 1 atom stereocenters. The molecule has 5 nitrogen and oxygen atoms in total. The van der Waals surface area contributed by atoms with Crippen LogP contribution in [0.3, 0.4) is 0 Å². The van der Waals surface area contributed by atoms with Gasteiger partial charge in [0.25, 0.3) is 0 Å². The van der Waals surface area contributed by atoms with Crippen LogP contribution in [0.15, 0.2) is 0 Å². The van der Waals surface area contributed by atoms with Gasteiger partial charge in [-0.1, -0.05) is 12.8 Å². The smallest absolute Gasteiger partial charge is 0.237 e. The van der Waals surface area contributed by atoms with Gasteiger partial charge in [0.2, 0.25) is 5.91 Å². The number of rotatable bonds is 3. The van der Waals surface area contributed by atoms with E-state index < -0.39 is 9.84 Å². The van der Waals surface area contributed by atoms with Crippen LogP contribution in [0.2, 0.25) is 0 Å². The fraction of sp³-hybridized carbons (Fsp3) is 0.917. The van der Waals surface area contributed by atoms with Crippen LogP contribution in [-0.2, 0) is 14.6 Å². The van der Waals surface area contributed by atoms with Crippen molar-refractivity contribution in [2.45, 2.75) is 43.9 Å². The molecule has 2 aliphatic rings. The Hall–Kier alpha value is -0.620. The topological polar surface area (TPSA) is 66.5 Å². The molecule has 104 valence electrons. The lowest BCUT2D eigenvalue weighted by Gasteiger charge is -2.32. The molecule has 0 bridgehead atoms. The molecule has 1 heterocycles. The quantitative estimate of drug-likeness (QED) is 0.796. The Labute approximate surface area is 109 Å². The standard InChI is InChI=1S/C12H22N2O3S/c1-10-8-14(7-6-13-10)12(15)9-18(16,17)11-4-2-3-5-11/h10-11,13H,2-9H2,1H3. The van der Waals surface area contributed by atoms with Crippen LogP contribution in [0.1, 0.15) is 32.6 Å². The third kappa shape index (κ3) is 3.23. The highest BCUT2D eigenvalue weighted by molar-refractivity contribution is 7.92. The minimum absolute atomic E-state index is 0.227. The maximum Gasteiger partial charge on any atom is 0.237 e. The van der Waals surface area contributed by atoms with Crippen molar-refractivity contribution >= 4 is 15.7 Å². The van der Waals surface area contributed by atoms with E-state index in [9.17, 15) is 13.2 Å². The summed E-state index contributed by atoms with van der Waals surface area (Å²) in [6, 6.07) is 0.247. The van der Waals surface area contributed by atoms with Gasteiger partial charge in [-0.15, -0.1) is 0 Å². The number of hydrogen-bond acceptors (Lipinski definition) is 4. The van der Waals surface area contributed by atoms with Gasteiger partial charge in [0.05, 0.1) is 5.25 Å². The van der Waals surface area contributed by atoms with Crippen molar-refractivity contribution in [3.63, 3.8) is 0 Å². The van der Waals surface area contributed by atoms with Crippen LogP contribution in [0.4, 0.5) is 0 Å². The van der Waals surface area contributed by atoms with E-state index in [1.54, 1.807) is 4.90 Å². The first-order valence-corrected chi connectivity index (χ1v) is 8.43. The Balaban J connectivity index is 1.93. The first-order chi connectivity index (χ1) is 8.49. The van der Waals surface area contributed by atoms with E-state index in [1.165, 1.54) is 0 Å². The SMILES string of the molecule is CC1CN(C(=O)CS(=O)(=O)C2CCCC2)CCN1. The van der Waals surface area contributed by atoms with Crippen LogP contribution in [0, 0.1) is 0 Å². The molecule has 6 heteroatoms. The normalized spacial score (nSPS) is 26.5. The van der Waals surface area contributed by atoms with Crippen LogP contribution < -0.4 is 5.32 Å². The van der Waals surface area contributed by atoms with Crippen molar-refractivity contribution in [1.29, 1.82) is 0 Å². The molecule has 0 aromatic carbocycles. The maximum atomic E-state index is 12.1. The van der Waals surface area contributed by atoms with Crippen LogP contribution in [-0.4, -0.2) is 55.9 Å². The molecular weight excluding hydrogens is 252 g/mol. The van der Waals surface area contributed by atoms with E-state index in [0.29, 0.717) is 13.1 Å². The molecule has 1 unspecified atom stereocenters. The molecule has 1 saturated carbocycles. The predicted molar refractivity (Wildman–Crippen MR) is 70.1 cm³/mol. The maximum absolute atomic E-state index is 12.1. The minimum atomic E-state index is -3.24. The molecule has 2 rings (SSSR count). The second-order valence-corrected chi connectivity index (χ2v) is 7.69. The fourth-order valence-electron chi connectivity index (χ4n) is 2.79. The molecule has 0 spiro atoms. The number of nitrogens with zero attached hydrogens (tertiary/aromatic N) is 1. The molecule has 1 amide bonds. The van der Waals surface area contributed by atoms with E-state index in [1.807, 2.05) is 6.92 Å². The molecule has 1 N–H and O–H groups in total. The highest BCUT2D eigenvalue weighted by atomic mass is 32.2. The van der Waals surface area contributed by atoms with Crippen LogP contribution in [0.25, 0.3) is 0 Å². The summed E-state index contributed by atoms with van der Waals surface area (Å²) in [6.07, 6.45) is 3.41. The van der Waals surface area contributed by atoms with E-state index in [2.05, 4.69) is 5.32 Å². The van der Waals surface area contributed by atoms with Crippen molar-refractivity contribution in [1.82, 2.24) is 10.2 Å². The second-order valence-electron chi connectivity index (χ2n) is 5.41. The molecule has 2 fully saturated rings. The van der Waals surface area contributed by atoms with Gasteiger partial charge in [0.15, 0.2) is 9.84 Å². The number of hydrogen-bond donors (Lipinski definition) is 1. The summed E-state index contributed by atoms with van der Waals surface area (Å²) in [5.74, 6) is -0.528. The second kappa shape index (κ2) is 5.57. The minimum Gasteiger partial charge on any atom is -0.339 e. The van der Waals surface area contributed by atoms with Crippen LogP contribution >= 0.6 is 0 Å². The molecule has 0 aromatic heterocycles. The van der Waals surface area contributed by atoms with E-state index in [4.69, 9.17) is 0 Å². The molecule has 0 aromatic rings. The van der Waals surface area contributed by atoms with E-state index in [-0.39, 0.29) is 23.0 Å². The van der Waals surface area contributed by atoms with Crippen molar-refractivity contribution in [3.05, 3.63) is 0 Å². The van der Waals surface area contributed by atoms with Crippen LogP contribution in [0.5, 0.6) is 0 Å². The van der Waals surface area contributed by atoms with Crippen molar-refractivity contribution in [2.75, 3.05) is 25.4 Å². The first-order valence-electron chi connectivity index (χ1n) is 6.72. The largest absolute Gasteiger partial charge is 0.339 e. The summed E-state index contributed by atoms with van der Waals surface area (Å²) in [5.41, 5.74) is 0. The van der Waals surface area contributed by atoms with Gasteiger partial charge in [-0.3, -0.25) is 4.79 Å². The summed E-state index contributed by atoms with van der Waals surface area (Å²) in [5, 5.41) is 2.97. The Morgan fingerprint density at radius 3 is 2.61 bits per heavy atom. The zero-order valence-corrected chi connectivity index (χ0v) is 11.7. The molecule has 0 radical (unpaired) electrons. The lowest BCUT2D eigenvalue weighted by Crippen LogP contribution is -2.52. The first kappa shape index (κ1) is 13.8. The molecule has 18 heavy (non-hydrogen) atoms. The van der Waals surface area contributed by atoms with E-state index >= 15 is 0 Å². The van der Waals surface area contributed by atoms with Gasteiger partial charge < -0.3 is 10.2 Å². The zero-order valence-electron chi connectivity index (χ0n) is 10.9. The fourth-order valence-corrected chi connectivity index (χ4v) is 4.60. The number of carbonyl (C=O) groups is 1. The number of piperazine rings is 1. The average molecular weight is 274 g/mol. The van der Waals surface area contributed by atoms with Gasteiger partial charge in [-0.05, 0) is 19.8 Å². The number of nitrogens with one attached hydrogen (secondary N) is 1. The predicted octanol–water partition coefficient (Wildman–Crippen LogP) is 0.164. The third-order valence-corrected chi connectivity index (χ3v) is 5.99. The van der Waals surface area contributed by atoms with E-state index in [0.717, 1.165) is 32.2 Å². The summed E-state index contributed by atoms with van der Waals surface area (Å²) in [6.45, 7) is 3.98. The van der Waals surface area contributed by atoms with Crippen molar-refractivity contribution in [3.8, 4) is 0 Å². The lowest BCUT2D eigenvalue weighted by atomic mass is 10.2. The van der Waals surface area contributed by atoms with Gasteiger partial charge >= 0.3 is 0 Å². The van der Waals surface area contributed by atoms with Crippen molar-refractivity contribution in [2.24, 2.45) is 0 Å². The summed E-state index contributed by atoms with van der Waals surface area (Å²) in [7, 11) is -3.24. The van der Waals surface area contributed by atoms with Gasteiger partial charge in [0.1, 0.15) is 5.75 Å². The Morgan fingerprint density at radius 2 is 2.00 bits per heavy atom. The Morgan fingerprint density at radius 1 is 1.33 bits per heavy atom. The summed E-state index contributed by atoms with van der Waals surface area (Å²) in [4.78, 5) is 13.7. The summed E-state index contributed by atoms with van der Waals surface area (Å²) >= 11 is 0. The van der Waals surface area contributed by atoms with Gasteiger partial charge in [-0.2, -0.15) is 0 Å². The number of sulfone groups is 1. The highest BCUT2D eigenvalue weighted by Crippen LogP contribution is 2.25. The van der Waals surface area contributed by atoms with Gasteiger partial charge in [-0.25, -0.2) is 8.42 Å². The molecule has 1 aliphatic carbocycles. The Bertz CT molecular complexity index is 402. The zero-order chi connectivity index (χ0) is 13.2. The molecule has 1 saturated heterocycles. The lowest BCUT2D eigenvalue weighted by molar-refractivity contribution is -0.129. The molecule has 1 aliphatic heterocycles. The number of carbonyl (C=O) groups excluding carboxylic acids is 1. The van der Waals surface area contributed by atoms with Gasteiger partial charge in [0, 0.05) is 25.7 Å². The number of amides is 1.